The lowest BCUT2D eigenvalue weighted by Crippen LogP contribution is -2.30. The Balaban J connectivity index is 3.44. The maximum absolute atomic E-state index is 5.66. The van der Waals surface area contributed by atoms with E-state index in [0.29, 0.717) is 26.4 Å². The third-order valence-corrected chi connectivity index (χ3v) is 3.82. The second-order valence-electron chi connectivity index (χ2n) is 5.98. The molecule has 22 heavy (non-hydrogen) atoms. The fourth-order valence-corrected chi connectivity index (χ4v) is 2.14. The summed E-state index contributed by atoms with van der Waals surface area (Å²) in [6.07, 6.45) is 4.84. The van der Waals surface area contributed by atoms with Crippen LogP contribution in [0.5, 0.6) is 0 Å². The van der Waals surface area contributed by atoms with E-state index in [0.717, 1.165) is 32.1 Å². The number of hydrogen-bond donors (Lipinski definition) is 0. The van der Waals surface area contributed by atoms with Crippen LogP contribution < -0.4 is 0 Å². The molecule has 4 heteroatoms. The highest BCUT2D eigenvalue weighted by molar-refractivity contribution is 4.60. The third kappa shape index (κ3) is 14.8. The summed E-state index contributed by atoms with van der Waals surface area (Å²) < 4.78 is 16.5. The molecule has 0 saturated heterocycles. The summed E-state index contributed by atoms with van der Waals surface area (Å²) in [6.45, 7) is 16.7. The van der Waals surface area contributed by atoms with Crippen molar-refractivity contribution in [1.82, 2.24) is 4.90 Å². The first-order chi connectivity index (χ1) is 10.7. The van der Waals surface area contributed by atoms with Crippen molar-refractivity contribution in [3.05, 3.63) is 0 Å². The maximum Gasteiger partial charge on any atom is 0.0701 e. The Bertz CT molecular complexity index is 215. The molecule has 0 aromatic heterocycles. The van der Waals surface area contributed by atoms with Gasteiger partial charge in [0.25, 0.3) is 0 Å². The van der Waals surface area contributed by atoms with Gasteiger partial charge in [-0.25, -0.2) is 0 Å². The number of rotatable bonds is 17. The van der Waals surface area contributed by atoms with Crippen LogP contribution in [0.25, 0.3) is 0 Å². The van der Waals surface area contributed by atoms with Crippen LogP contribution in [0.4, 0.5) is 0 Å². The van der Waals surface area contributed by atoms with Crippen LogP contribution in [0.2, 0.25) is 0 Å². The van der Waals surface area contributed by atoms with Crippen molar-refractivity contribution in [1.29, 1.82) is 0 Å². The molecular weight excluding hydrogens is 278 g/mol. The zero-order valence-corrected chi connectivity index (χ0v) is 15.4. The second kappa shape index (κ2) is 17.2. The number of ether oxygens (including phenoxy) is 3. The molecule has 1 unspecified atom stereocenters. The van der Waals surface area contributed by atoms with Crippen LogP contribution in [-0.2, 0) is 14.2 Å². The molecule has 0 radical (unpaired) electrons. The van der Waals surface area contributed by atoms with E-state index in [1.165, 1.54) is 32.4 Å². The van der Waals surface area contributed by atoms with Crippen molar-refractivity contribution in [3.8, 4) is 0 Å². The van der Waals surface area contributed by atoms with E-state index in [-0.39, 0.29) is 0 Å². The van der Waals surface area contributed by atoms with Crippen molar-refractivity contribution in [2.45, 2.75) is 53.4 Å². The molecule has 1 atom stereocenters. The fraction of sp³-hybridized carbons (Fsp3) is 1.00. The molecule has 4 nitrogen and oxygen atoms in total. The van der Waals surface area contributed by atoms with E-state index < -0.39 is 0 Å². The average Bonchev–Trinajstić information content (AvgIpc) is 2.53. The van der Waals surface area contributed by atoms with Crippen LogP contribution in [0.15, 0.2) is 0 Å². The summed E-state index contributed by atoms with van der Waals surface area (Å²) in [5.74, 6) is 0.823. The highest BCUT2D eigenvalue weighted by Crippen LogP contribution is 2.07. The molecule has 0 aliphatic rings. The molecule has 0 saturated carbocycles. The van der Waals surface area contributed by atoms with E-state index in [4.69, 9.17) is 14.2 Å². The Morgan fingerprint density at radius 1 is 0.682 bits per heavy atom. The molecule has 0 aliphatic carbocycles. The maximum atomic E-state index is 5.66. The van der Waals surface area contributed by atoms with E-state index in [9.17, 15) is 0 Å². The lowest BCUT2D eigenvalue weighted by atomic mass is 10.1. The van der Waals surface area contributed by atoms with Gasteiger partial charge in [0.05, 0.1) is 33.0 Å². The molecule has 0 heterocycles. The summed E-state index contributed by atoms with van der Waals surface area (Å²) in [7, 11) is 0. The topological polar surface area (TPSA) is 30.9 Å². The summed E-state index contributed by atoms with van der Waals surface area (Å²) in [5, 5.41) is 0. The molecule has 0 aromatic rings. The smallest absolute Gasteiger partial charge is 0.0701 e. The predicted molar refractivity (Wildman–Crippen MR) is 93.6 cm³/mol. The van der Waals surface area contributed by atoms with Crippen LogP contribution in [-0.4, -0.2) is 64.2 Å². The molecule has 0 bridgehead atoms. The van der Waals surface area contributed by atoms with Crippen molar-refractivity contribution >= 4 is 0 Å². The van der Waals surface area contributed by atoms with Crippen molar-refractivity contribution in [3.63, 3.8) is 0 Å². The third-order valence-electron chi connectivity index (χ3n) is 3.82. The van der Waals surface area contributed by atoms with Gasteiger partial charge in [-0.15, -0.1) is 0 Å². The summed E-state index contributed by atoms with van der Waals surface area (Å²) >= 11 is 0. The second-order valence-corrected chi connectivity index (χ2v) is 5.98. The van der Waals surface area contributed by atoms with Gasteiger partial charge in [-0.05, 0) is 38.3 Å². The standard InChI is InChI=1S/C18H39NO3/c1-5-9-19(10-8-18(4)7-3)11-13-21-15-17-22-16-14-20-12-6-2/h18H,5-17H2,1-4H3. The largest absolute Gasteiger partial charge is 0.379 e. The SMILES string of the molecule is CCCOCCOCCOCCN(CCC)CCC(C)CC. The first kappa shape index (κ1) is 21.8. The van der Waals surface area contributed by atoms with E-state index in [1.807, 2.05) is 0 Å². The van der Waals surface area contributed by atoms with Crippen molar-refractivity contribution in [2.75, 3.05) is 59.3 Å². The Labute approximate surface area is 138 Å². The zero-order chi connectivity index (χ0) is 16.5. The first-order valence-electron chi connectivity index (χ1n) is 9.20. The minimum absolute atomic E-state index is 0.663. The Morgan fingerprint density at radius 3 is 1.82 bits per heavy atom. The highest BCUT2D eigenvalue weighted by atomic mass is 16.5. The van der Waals surface area contributed by atoms with Gasteiger partial charge in [0, 0.05) is 13.2 Å². The average molecular weight is 318 g/mol. The van der Waals surface area contributed by atoms with Gasteiger partial charge >= 0.3 is 0 Å². The molecule has 0 amide bonds. The fourth-order valence-electron chi connectivity index (χ4n) is 2.14. The van der Waals surface area contributed by atoms with E-state index in [2.05, 4.69) is 32.6 Å². The summed E-state index contributed by atoms with van der Waals surface area (Å²) in [5.41, 5.74) is 0. The van der Waals surface area contributed by atoms with Crippen LogP contribution in [0, 0.1) is 5.92 Å². The van der Waals surface area contributed by atoms with Crippen molar-refractivity contribution < 1.29 is 14.2 Å². The molecule has 134 valence electrons. The molecule has 0 fully saturated rings. The van der Waals surface area contributed by atoms with E-state index >= 15 is 0 Å². The van der Waals surface area contributed by atoms with Crippen molar-refractivity contribution in [2.24, 2.45) is 5.92 Å². The molecule has 0 rings (SSSR count). The summed E-state index contributed by atoms with van der Waals surface area (Å²) in [4.78, 5) is 2.52. The van der Waals surface area contributed by atoms with Crippen LogP contribution >= 0.6 is 0 Å². The molecule has 0 aromatic carbocycles. The molecule has 0 aliphatic heterocycles. The van der Waals surface area contributed by atoms with Gasteiger partial charge < -0.3 is 19.1 Å². The van der Waals surface area contributed by atoms with Gasteiger partial charge in [0.1, 0.15) is 0 Å². The lowest BCUT2D eigenvalue weighted by Gasteiger charge is -2.23. The van der Waals surface area contributed by atoms with Gasteiger partial charge in [0.2, 0.25) is 0 Å². The number of hydrogen-bond acceptors (Lipinski definition) is 4. The lowest BCUT2D eigenvalue weighted by molar-refractivity contribution is 0.0105. The van der Waals surface area contributed by atoms with Crippen LogP contribution in [0.1, 0.15) is 53.4 Å². The normalized spacial score (nSPS) is 13.0. The molecule has 0 N–H and O–H groups in total. The highest BCUT2D eigenvalue weighted by Gasteiger charge is 2.06. The summed E-state index contributed by atoms with van der Waals surface area (Å²) in [6, 6.07) is 0. The van der Waals surface area contributed by atoms with Gasteiger partial charge in [0.15, 0.2) is 0 Å². The zero-order valence-electron chi connectivity index (χ0n) is 15.4. The predicted octanol–water partition coefficient (Wildman–Crippen LogP) is 3.59. The van der Waals surface area contributed by atoms with Crippen LogP contribution in [0.3, 0.4) is 0 Å². The Morgan fingerprint density at radius 2 is 1.27 bits per heavy atom. The quantitative estimate of drug-likeness (QED) is 0.384. The Kier molecular flexibility index (Phi) is 17.1. The Hall–Kier alpha value is -0.160. The van der Waals surface area contributed by atoms with E-state index in [1.54, 1.807) is 0 Å². The molecule has 0 spiro atoms. The van der Waals surface area contributed by atoms with Gasteiger partial charge in [-0.1, -0.05) is 34.1 Å². The van der Waals surface area contributed by atoms with Gasteiger partial charge in [-0.3, -0.25) is 0 Å². The minimum atomic E-state index is 0.663. The monoisotopic (exact) mass is 317 g/mol. The molecular formula is C18H39NO3. The van der Waals surface area contributed by atoms with Gasteiger partial charge in [-0.2, -0.15) is 0 Å². The minimum Gasteiger partial charge on any atom is -0.379 e. The first-order valence-corrected chi connectivity index (χ1v) is 9.20. The number of nitrogens with zero attached hydrogens (tertiary/aromatic N) is 1.